The van der Waals surface area contributed by atoms with Gasteiger partial charge in [-0.25, -0.2) is 0 Å². The van der Waals surface area contributed by atoms with E-state index in [1.54, 1.807) is 6.07 Å². The molecule has 0 radical (unpaired) electrons. The van der Waals surface area contributed by atoms with Crippen LogP contribution in [0.3, 0.4) is 0 Å². The summed E-state index contributed by atoms with van der Waals surface area (Å²) in [4.78, 5) is 14.4. The van der Waals surface area contributed by atoms with E-state index in [0.29, 0.717) is 16.5 Å². The molecule has 0 unspecified atom stereocenters. The summed E-state index contributed by atoms with van der Waals surface area (Å²) in [6.07, 6.45) is 2.50. The number of benzene rings is 1. The van der Waals surface area contributed by atoms with E-state index >= 15 is 0 Å². The number of rotatable bonds is 4. The normalized spacial score (nSPS) is 14.9. The Bertz CT molecular complexity index is 457. The predicted octanol–water partition coefficient (Wildman–Crippen LogP) is 4.36. The highest BCUT2D eigenvalue weighted by molar-refractivity contribution is 9.10. The molecular weight excluding hydrogens is 314 g/mol. The van der Waals surface area contributed by atoms with Crippen molar-refractivity contribution in [1.29, 1.82) is 0 Å². The summed E-state index contributed by atoms with van der Waals surface area (Å²) < 4.78 is 0.819. The van der Waals surface area contributed by atoms with Gasteiger partial charge in [0.25, 0.3) is 5.91 Å². The fourth-order valence-electron chi connectivity index (χ4n) is 1.90. The lowest BCUT2D eigenvalue weighted by atomic mass is 10.1. The molecule has 98 valence electrons. The van der Waals surface area contributed by atoms with Crippen molar-refractivity contribution in [3.05, 3.63) is 33.3 Å². The average Bonchev–Trinajstić information content (AvgIpc) is 3.12. The topological polar surface area (TPSA) is 20.3 Å². The van der Waals surface area contributed by atoms with Crippen LogP contribution >= 0.6 is 27.5 Å². The van der Waals surface area contributed by atoms with Crippen molar-refractivity contribution in [2.24, 2.45) is 5.92 Å². The van der Waals surface area contributed by atoms with Crippen LogP contribution in [0.4, 0.5) is 0 Å². The summed E-state index contributed by atoms with van der Waals surface area (Å²) in [5, 5.41) is 0.580. The van der Waals surface area contributed by atoms with Crippen molar-refractivity contribution in [2.45, 2.75) is 32.7 Å². The minimum atomic E-state index is 0.0753. The van der Waals surface area contributed by atoms with Crippen molar-refractivity contribution in [1.82, 2.24) is 4.90 Å². The van der Waals surface area contributed by atoms with Crippen LogP contribution < -0.4 is 0 Å². The number of nitrogens with zero attached hydrogens (tertiary/aromatic N) is 1. The third-order valence-corrected chi connectivity index (χ3v) is 4.44. The first-order chi connectivity index (χ1) is 8.49. The molecular formula is C14H17BrClNO. The Kier molecular flexibility index (Phi) is 4.33. The molecule has 0 aliphatic heterocycles. The third-order valence-electron chi connectivity index (χ3n) is 3.20. The lowest BCUT2D eigenvalue weighted by molar-refractivity contribution is 0.0696. The summed E-state index contributed by atoms with van der Waals surface area (Å²) in [5.41, 5.74) is 0.664. The van der Waals surface area contributed by atoms with Crippen LogP contribution in [-0.2, 0) is 0 Å². The Hall–Kier alpha value is -0.540. The molecule has 0 atom stereocenters. The van der Waals surface area contributed by atoms with Gasteiger partial charge >= 0.3 is 0 Å². The molecule has 0 spiro atoms. The van der Waals surface area contributed by atoms with Gasteiger partial charge in [0.05, 0.1) is 5.02 Å². The Balaban J connectivity index is 2.18. The Morgan fingerprint density at radius 3 is 2.67 bits per heavy atom. The second kappa shape index (κ2) is 5.62. The van der Waals surface area contributed by atoms with Gasteiger partial charge < -0.3 is 4.90 Å². The van der Waals surface area contributed by atoms with Gasteiger partial charge in [-0.3, -0.25) is 4.79 Å². The highest BCUT2D eigenvalue weighted by Gasteiger charge is 2.28. The van der Waals surface area contributed by atoms with Crippen molar-refractivity contribution < 1.29 is 4.79 Å². The maximum atomic E-state index is 12.5. The molecule has 0 N–H and O–H groups in total. The van der Waals surface area contributed by atoms with E-state index in [4.69, 9.17) is 11.6 Å². The van der Waals surface area contributed by atoms with Crippen molar-refractivity contribution >= 4 is 33.4 Å². The van der Waals surface area contributed by atoms with Crippen LogP contribution in [0.25, 0.3) is 0 Å². The van der Waals surface area contributed by atoms with Gasteiger partial charge in [-0.1, -0.05) is 11.6 Å². The van der Waals surface area contributed by atoms with Crippen LogP contribution in [0.2, 0.25) is 5.02 Å². The van der Waals surface area contributed by atoms with Gasteiger partial charge in [0.15, 0.2) is 0 Å². The van der Waals surface area contributed by atoms with Gasteiger partial charge in [-0.05, 0) is 66.7 Å². The smallest absolute Gasteiger partial charge is 0.254 e. The number of carbonyl (C=O) groups is 1. The van der Waals surface area contributed by atoms with E-state index in [1.807, 2.05) is 17.0 Å². The van der Waals surface area contributed by atoms with E-state index < -0.39 is 0 Å². The Morgan fingerprint density at radius 1 is 1.50 bits per heavy atom. The highest BCUT2D eigenvalue weighted by atomic mass is 79.9. The molecule has 0 bridgehead atoms. The van der Waals surface area contributed by atoms with E-state index in [2.05, 4.69) is 29.8 Å². The van der Waals surface area contributed by atoms with E-state index in [1.165, 1.54) is 12.8 Å². The summed E-state index contributed by atoms with van der Waals surface area (Å²) >= 11 is 9.38. The molecule has 1 aliphatic carbocycles. The monoisotopic (exact) mass is 329 g/mol. The van der Waals surface area contributed by atoms with Crippen LogP contribution in [0.15, 0.2) is 22.7 Å². The van der Waals surface area contributed by atoms with Crippen LogP contribution in [-0.4, -0.2) is 23.4 Å². The molecule has 2 nitrogen and oxygen atoms in total. The summed E-state index contributed by atoms with van der Waals surface area (Å²) in [5.74, 6) is 0.772. The summed E-state index contributed by atoms with van der Waals surface area (Å²) in [6, 6.07) is 5.60. The van der Waals surface area contributed by atoms with Gasteiger partial charge in [0.2, 0.25) is 0 Å². The average molecular weight is 331 g/mol. The molecule has 0 saturated heterocycles. The fourth-order valence-corrected chi connectivity index (χ4v) is 2.33. The van der Waals surface area contributed by atoms with Crippen LogP contribution in [0, 0.1) is 5.92 Å². The first kappa shape index (κ1) is 13.9. The SMILES string of the molecule is CC(C)N(CC1CC1)C(=O)c1ccc(Br)c(Cl)c1. The number of hydrogen-bond donors (Lipinski definition) is 0. The van der Waals surface area contributed by atoms with Crippen LogP contribution in [0.5, 0.6) is 0 Å². The van der Waals surface area contributed by atoms with Gasteiger partial charge in [-0.2, -0.15) is 0 Å². The minimum Gasteiger partial charge on any atom is -0.336 e. The molecule has 1 saturated carbocycles. The molecule has 0 heterocycles. The Morgan fingerprint density at radius 2 is 2.17 bits per heavy atom. The van der Waals surface area contributed by atoms with Gasteiger partial charge in [-0.15, -0.1) is 0 Å². The van der Waals surface area contributed by atoms with E-state index in [0.717, 1.165) is 11.0 Å². The maximum absolute atomic E-state index is 12.5. The zero-order chi connectivity index (χ0) is 13.3. The molecule has 1 fully saturated rings. The second-order valence-corrected chi connectivity index (χ2v) is 6.39. The van der Waals surface area contributed by atoms with Crippen LogP contribution in [0.1, 0.15) is 37.0 Å². The summed E-state index contributed by atoms with van der Waals surface area (Å²) in [6.45, 7) is 4.98. The molecule has 0 aromatic heterocycles. The first-order valence-electron chi connectivity index (χ1n) is 6.25. The first-order valence-corrected chi connectivity index (χ1v) is 7.42. The molecule has 1 aliphatic rings. The standard InChI is InChI=1S/C14H17BrClNO/c1-9(2)17(8-10-3-4-10)14(18)11-5-6-12(15)13(16)7-11/h5-7,9-10H,3-4,8H2,1-2H3. The van der Waals surface area contributed by atoms with Crippen molar-refractivity contribution in [2.75, 3.05) is 6.54 Å². The predicted molar refractivity (Wildman–Crippen MR) is 78.0 cm³/mol. The zero-order valence-corrected chi connectivity index (χ0v) is 13.0. The number of halogens is 2. The Labute approximate surface area is 121 Å². The zero-order valence-electron chi connectivity index (χ0n) is 10.6. The quantitative estimate of drug-likeness (QED) is 0.803. The minimum absolute atomic E-state index is 0.0753. The van der Waals surface area contributed by atoms with E-state index in [-0.39, 0.29) is 11.9 Å². The highest BCUT2D eigenvalue weighted by Crippen LogP contribution is 2.31. The molecule has 18 heavy (non-hydrogen) atoms. The molecule has 4 heteroatoms. The summed E-state index contributed by atoms with van der Waals surface area (Å²) in [7, 11) is 0. The molecule has 1 aromatic carbocycles. The lowest BCUT2D eigenvalue weighted by Gasteiger charge is -2.27. The second-order valence-electron chi connectivity index (χ2n) is 5.12. The number of amides is 1. The maximum Gasteiger partial charge on any atom is 0.254 e. The van der Waals surface area contributed by atoms with Gasteiger partial charge in [0, 0.05) is 22.6 Å². The largest absolute Gasteiger partial charge is 0.336 e. The molecule has 1 amide bonds. The van der Waals surface area contributed by atoms with Gasteiger partial charge in [0.1, 0.15) is 0 Å². The number of carbonyl (C=O) groups excluding carboxylic acids is 1. The third kappa shape index (κ3) is 3.27. The lowest BCUT2D eigenvalue weighted by Crippen LogP contribution is -2.38. The molecule has 2 rings (SSSR count). The van der Waals surface area contributed by atoms with E-state index in [9.17, 15) is 4.79 Å². The molecule has 1 aromatic rings. The van der Waals surface area contributed by atoms with Crippen molar-refractivity contribution in [3.63, 3.8) is 0 Å². The number of hydrogen-bond acceptors (Lipinski definition) is 1. The fraction of sp³-hybridized carbons (Fsp3) is 0.500. The van der Waals surface area contributed by atoms with Crippen molar-refractivity contribution in [3.8, 4) is 0 Å².